The fourth-order valence-corrected chi connectivity index (χ4v) is 2.79. The maximum Gasteiger partial charge on any atom is 0.408 e. The van der Waals surface area contributed by atoms with E-state index in [-0.39, 0.29) is 17.4 Å². The Morgan fingerprint density at radius 3 is 2.86 bits per heavy atom. The van der Waals surface area contributed by atoms with Crippen molar-refractivity contribution in [2.24, 2.45) is 0 Å². The Kier molecular flexibility index (Phi) is 3.47. The number of Topliss-reactive ketones (excluding diaryl/α,β-unsaturated/α-hetero) is 1. The first kappa shape index (κ1) is 13.8. The van der Waals surface area contributed by atoms with Crippen LogP contribution in [0.5, 0.6) is 0 Å². The molecule has 7 heteroatoms. The van der Waals surface area contributed by atoms with Crippen molar-refractivity contribution in [1.82, 2.24) is 9.78 Å². The Bertz CT molecular complexity index is 739. The molecule has 0 saturated heterocycles. The van der Waals surface area contributed by atoms with Gasteiger partial charge in [0.1, 0.15) is 6.54 Å². The average molecular weight is 306 g/mol. The molecule has 0 bridgehead atoms. The van der Waals surface area contributed by atoms with Gasteiger partial charge in [0.2, 0.25) is 0 Å². The van der Waals surface area contributed by atoms with Crippen LogP contribution >= 0.6 is 11.6 Å². The van der Waals surface area contributed by atoms with E-state index in [1.807, 2.05) is 12.1 Å². The van der Waals surface area contributed by atoms with Gasteiger partial charge in [-0.2, -0.15) is 4.68 Å². The predicted octanol–water partition coefficient (Wildman–Crippen LogP) is 2.82. The maximum atomic E-state index is 12.2. The molecular weight excluding hydrogens is 294 g/mol. The summed E-state index contributed by atoms with van der Waals surface area (Å²) in [5, 5.41) is 14.3. The minimum Gasteiger partial charge on any atom is -0.358 e. The Morgan fingerprint density at radius 1 is 1.38 bits per heavy atom. The summed E-state index contributed by atoms with van der Waals surface area (Å²) in [7, 11) is 0. The van der Waals surface area contributed by atoms with Gasteiger partial charge in [-0.3, -0.25) is 4.79 Å². The third-order valence-corrected chi connectivity index (χ3v) is 3.86. The van der Waals surface area contributed by atoms with E-state index < -0.39 is 10.7 Å². The fourth-order valence-electron chi connectivity index (χ4n) is 2.58. The molecule has 6 nitrogen and oxygen atoms in total. The van der Waals surface area contributed by atoms with Crippen molar-refractivity contribution in [2.45, 2.75) is 25.8 Å². The Balaban J connectivity index is 1.80. The van der Waals surface area contributed by atoms with Crippen LogP contribution < -0.4 is 0 Å². The van der Waals surface area contributed by atoms with Crippen molar-refractivity contribution in [3.8, 4) is 0 Å². The number of benzene rings is 1. The van der Waals surface area contributed by atoms with Crippen molar-refractivity contribution in [3.05, 3.63) is 56.2 Å². The molecule has 0 amide bonds. The van der Waals surface area contributed by atoms with Crippen molar-refractivity contribution >= 4 is 23.2 Å². The number of aromatic nitrogens is 2. The van der Waals surface area contributed by atoms with Crippen LogP contribution in [0.2, 0.25) is 5.02 Å². The van der Waals surface area contributed by atoms with Crippen LogP contribution in [0.15, 0.2) is 24.4 Å². The van der Waals surface area contributed by atoms with E-state index >= 15 is 0 Å². The maximum absolute atomic E-state index is 12.2. The Morgan fingerprint density at radius 2 is 2.14 bits per heavy atom. The minimum atomic E-state index is -0.668. The SMILES string of the molecule is O=C(Cn1cc(Cl)c([N+](=O)[O-])n1)c1ccc2c(c1)CCC2. The molecule has 1 aromatic carbocycles. The standard InChI is InChI=1S/C14H12ClN3O3/c15-12-7-17(16-14(12)18(20)21)8-13(19)11-5-4-9-2-1-3-10(9)6-11/h4-7H,1-3,8H2. The predicted molar refractivity (Wildman–Crippen MR) is 76.7 cm³/mol. The van der Waals surface area contributed by atoms with Crippen LogP contribution in [0.1, 0.15) is 27.9 Å². The van der Waals surface area contributed by atoms with E-state index in [1.165, 1.54) is 22.0 Å². The van der Waals surface area contributed by atoms with Gasteiger partial charge in [0, 0.05) is 5.56 Å². The summed E-state index contributed by atoms with van der Waals surface area (Å²) in [5.41, 5.74) is 3.11. The van der Waals surface area contributed by atoms with E-state index in [1.54, 1.807) is 6.07 Å². The van der Waals surface area contributed by atoms with Gasteiger partial charge in [0.05, 0.1) is 11.3 Å². The van der Waals surface area contributed by atoms with E-state index in [4.69, 9.17) is 11.6 Å². The smallest absolute Gasteiger partial charge is 0.358 e. The van der Waals surface area contributed by atoms with Crippen LogP contribution in [0.4, 0.5) is 5.82 Å². The lowest BCUT2D eigenvalue weighted by molar-refractivity contribution is -0.389. The van der Waals surface area contributed by atoms with E-state index in [9.17, 15) is 14.9 Å². The van der Waals surface area contributed by atoms with Crippen molar-refractivity contribution in [1.29, 1.82) is 0 Å². The first-order valence-corrected chi connectivity index (χ1v) is 6.95. The second-order valence-electron chi connectivity index (χ2n) is 5.02. The second kappa shape index (κ2) is 5.29. The van der Waals surface area contributed by atoms with Gasteiger partial charge in [-0.25, -0.2) is 0 Å². The highest BCUT2D eigenvalue weighted by Crippen LogP contribution is 2.24. The number of nitrogens with zero attached hydrogens (tertiary/aromatic N) is 3. The summed E-state index contributed by atoms with van der Waals surface area (Å²) >= 11 is 5.71. The number of aryl methyl sites for hydroxylation is 2. The normalized spacial score (nSPS) is 13.2. The monoisotopic (exact) mass is 305 g/mol. The highest BCUT2D eigenvalue weighted by molar-refractivity contribution is 6.32. The molecular formula is C14H12ClN3O3. The molecule has 2 aromatic rings. The molecule has 1 aromatic heterocycles. The van der Waals surface area contributed by atoms with Gasteiger partial charge in [-0.15, -0.1) is 0 Å². The number of carbonyl (C=O) groups is 1. The van der Waals surface area contributed by atoms with Crippen molar-refractivity contribution in [3.63, 3.8) is 0 Å². The van der Waals surface area contributed by atoms with Crippen molar-refractivity contribution in [2.75, 3.05) is 0 Å². The first-order chi connectivity index (χ1) is 10.0. The zero-order valence-electron chi connectivity index (χ0n) is 11.1. The molecule has 0 saturated carbocycles. The quantitative estimate of drug-likeness (QED) is 0.494. The second-order valence-corrected chi connectivity index (χ2v) is 5.42. The van der Waals surface area contributed by atoms with Crippen molar-refractivity contribution < 1.29 is 9.72 Å². The molecule has 3 rings (SSSR count). The largest absolute Gasteiger partial charge is 0.408 e. The van der Waals surface area contributed by atoms with Crippen LogP contribution in [0, 0.1) is 10.1 Å². The summed E-state index contributed by atoms with van der Waals surface area (Å²) in [6, 6.07) is 5.68. The number of carbonyl (C=O) groups excluding carboxylic acids is 1. The minimum absolute atomic E-state index is 0.0631. The summed E-state index contributed by atoms with van der Waals surface area (Å²) in [5.74, 6) is -0.572. The molecule has 1 aliphatic rings. The molecule has 0 spiro atoms. The molecule has 0 radical (unpaired) electrons. The molecule has 0 unspecified atom stereocenters. The van der Waals surface area contributed by atoms with Crippen LogP contribution in [0.3, 0.4) is 0 Å². The highest BCUT2D eigenvalue weighted by Gasteiger charge is 2.21. The van der Waals surface area contributed by atoms with Crippen LogP contribution in [0.25, 0.3) is 0 Å². The number of ketones is 1. The summed E-state index contributed by atoms with van der Waals surface area (Å²) in [6.45, 7) is -0.0631. The molecule has 0 aliphatic heterocycles. The molecule has 21 heavy (non-hydrogen) atoms. The lowest BCUT2D eigenvalue weighted by Crippen LogP contribution is -2.11. The van der Waals surface area contributed by atoms with E-state index in [2.05, 4.69) is 5.10 Å². The molecule has 1 heterocycles. The zero-order chi connectivity index (χ0) is 15.0. The summed E-state index contributed by atoms with van der Waals surface area (Å²) < 4.78 is 1.20. The fraction of sp³-hybridized carbons (Fsp3) is 0.286. The van der Waals surface area contributed by atoms with Gasteiger partial charge < -0.3 is 10.1 Å². The van der Waals surface area contributed by atoms with Gasteiger partial charge in [-0.1, -0.05) is 23.7 Å². The van der Waals surface area contributed by atoms with Crippen LogP contribution in [-0.2, 0) is 19.4 Å². The lowest BCUT2D eigenvalue weighted by atomic mass is 10.0. The zero-order valence-corrected chi connectivity index (χ0v) is 11.8. The molecule has 1 aliphatic carbocycles. The molecule has 0 atom stereocenters. The van der Waals surface area contributed by atoms with E-state index in [0.29, 0.717) is 5.56 Å². The third kappa shape index (κ3) is 2.67. The van der Waals surface area contributed by atoms with Gasteiger partial charge >= 0.3 is 5.82 Å². The van der Waals surface area contributed by atoms with Crippen LogP contribution in [-0.4, -0.2) is 20.5 Å². The number of hydrogen-bond donors (Lipinski definition) is 0. The number of rotatable bonds is 4. The number of fused-ring (bicyclic) bond motifs is 1. The highest BCUT2D eigenvalue weighted by atomic mass is 35.5. The number of hydrogen-bond acceptors (Lipinski definition) is 4. The molecule has 108 valence electrons. The van der Waals surface area contributed by atoms with E-state index in [0.717, 1.165) is 19.3 Å². The molecule has 0 N–H and O–H groups in total. The summed E-state index contributed by atoms with van der Waals surface area (Å²) in [4.78, 5) is 22.2. The number of halogens is 1. The van der Waals surface area contributed by atoms with Gasteiger partial charge in [0.25, 0.3) is 0 Å². The van der Waals surface area contributed by atoms with Gasteiger partial charge in [-0.05, 0) is 41.4 Å². The third-order valence-electron chi connectivity index (χ3n) is 3.60. The average Bonchev–Trinajstić information content (AvgIpc) is 3.04. The van der Waals surface area contributed by atoms with Gasteiger partial charge in [0.15, 0.2) is 10.8 Å². The summed E-state index contributed by atoms with van der Waals surface area (Å²) in [6.07, 6.45) is 4.47. The Labute approximate surface area is 125 Å². The number of nitro groups is 1. The molecule has 0 fully saturated rings. The lowest BCUT2D eigenvalue weighted by Gasteiger charge is -2.03. The topological polar surface area (TPSA) is 78.0 Å². The first-order valence-electron chi connectivity index (χ1n) is 6.57. The Hall–Kier alpha value is -2.21.